The van der Waals surface area contributed by atoms with Crippen LogP contribution >= 0.6 is 0 Å². The van der Waals surface area contributed by atoms with E-state index >= 15 is 0 Å². The Morgan fingerprint density at radius 2 is 2.14 bits per heavy atom. The fraction of sp³-hybridized carbons (Fsp3) is 0.750. The van der Waals surface area contributed by atoms with Crippen LogP contribution in [0.2, 0.25) is 0 Å². The molecule has 0 aliphatic carbocycles. The fourth-order valence-corrected chi connectivity index (χ4v) is 1.33. The summed E-state index contributed by atoms with van der Waals surface area (Å²) in [4.78, 5) is 14.9. The smallest absolute Gasteiger partial charge is 0.409 e. The predicted octanol–water partition coefficient (Wildman–Crippen LogP) is -0.337. The van der Waals surface area contributed by atoms with Gasteiger partial charge in [0.25, 0.3) is 0 Å². The van der Waals surface area contributed by atoms with Crippen molar-refractivity contribution >= 4 is 12.4 Å². The zero-order valence-electron chi connectivity index (χ0n) is 8.35. The number of hydrazone groups is 1. The van der Waals surface area contributed by atoms with Crippen LogP contribution in [0.1, 0.15) is 6.92 Å². The number of nitrogens with zero attached hydrogens (tertiary/aromatic N) is 3. The van der Waals surface area contributed by atoms with Gasteiger partial charge in [-0.1, -0.05) is 0 Å². The van der Waals surface area contributed by atoms with E-state index in [9.17, 15) is 4.79 Å². The predicted molar refractivity (Wildman–Crippen MR) is 52.8 cm³/mol. The minimum Gasteiger partial charge on any atom is -0.450 e. The molecule has 0 bridgehead atoms. The number of hydrogen-bond acceptors (Lipinski definition) is 4. The van der Waals surface area contributed by atoms with Gasteiger partial charge in [0.15, 0.2) is 0 Å². The Hall–Kier alpha value is -1.46. The van der Waals surface area contributed by atoms with Gasteiger partial charge < -0.3 is 20.4 Å². The summed E-state index contributed by atoms with van der Waals surface area (Å²) in [5.41, 5.74) is 0. The van der Waals surface area contributed by atoms with Crippen LogP contribution in [0.15, 0.2) is 5.10 Å². The van der Waals surface area contributed by atoms with Gasteiger partial charge in [-0.2, -0.15) is 5.10 Å². The Morgan fingerprint density at radius 1 is 1.50 bits per heavy atom. The summed E-state index contributed by atoms with van der Waals surface area (Å²) in [7, 11) is 0. The van der Waals surface area contributed by atoms with E-state index in [1.807, 2.05) is 4.90 Å². The largest absolute Gasteiger partial charge is 0.450 e. The Morgan fingerprint density at radius 3 is 2.64 bits per heavy atom. The van der Waals surface area contributed by atoms with Crippen LogP contribution in [0, 0.1) is 0 Å². The molecular weight excluding hydrogens is 184 g/mol. The summed E-state index contributed by atoms with van der Waals surface area (Å²) in [6, 6.07) is 0. The van der Waals surface area contributed by atoms with Crippen molar-refractivity contribution in [2.45, 2.75) is 6.92 Å². The van der Waals surface area contributed by atoms with E-state index in [0.29, 0.717) is 19.7 Å². The summed E-state index contributed by atoms with van der Waals surface area (Å²) in [5, 5.41) is 3.43. The van der Waals surface area contributed by atoms with Crippen LogP contribution in [0.25, 0.3) is 0 Å². The van der Waals surface area contributed by atoms with Crippen LogP contribution in [0.5, 0.6) is 0 Å². The summed E-state index contributed by atoms with van der Waals surface area (Å²) in [6.45, 7) is 5.03. The molecule has 1 heterocycles. The summed E-state index contributed by atoms with van der Waals surface area (Å²) in [6.07, 6.45) is 1.35. The Balaban J connectivity index is 2.31. The van der Waals surface area contributed by atoms with Gasteiger partial charge in [-0.25, -0.2) is 4.79 Å². The lowest BCUT2D eigenvalue weighted by Gasteiger charge is -2.32. The first-order valence-electron chi connectivity index (χ1n) is 4.67. The molecule has 1 aliphatic rings. The van der Waals surface area contributed by atoms with Gasteiger partial charge in [0.2, 0.25) is 0 Å². The fourth-order valence-electron chi connectivity index (χ4n) is 1.33. The van der Waals surface area contributed by atoms with Gasteiger partial charge in [0.1, 0.15) is 6.34 Å². The molecule has 0 aromatic carbocycles. The van der Waals surface area contributed by atoms with E-state index in [1.54, 1.807) is 18.2 Å². The number of rotatable bonds is 2. The third kappa shape index (κ3) is 2.79. The molecule has 0 atom stereocenters. The molecule has 0 aromatic heterocycles. The van der Waals surface area contributed by atoms with Gasteiger partial charge >= 0.3 is 6.09 Å². The Labute approximate surface area is 83.3 Å². The van der Waals surface area contributed by atoms with Crippen molar-refractivity contribution in [2.75, 3.05) is 32.8 Å². The number of ether oxygens (including phenoxy) is 1. The normalized spacial score (nSPS) is 17.5. The molecule has 1 saturated heterocycles. The summed E-state index contributed by atoms with van der Waals surface area (Å²) >= 11 is 0. The number of piperazine rings is 1. The maximum atomic E-state index is 11.3. The van der Waals surface area contributed by atoms with E-state index in [0.717, 1.165) is 13.1 Å². The molecule has 0 unspecified atom stereocenters. The second kappa shape index (κ2) is 5.31. The molecular formula is C8H16N4O2. The second-order valence-electron chi connectivity index (χ2n) is 2.99. The molecule has 2 N–H and O–H groups in total. The first kappa shape index (κ1) is 10.6. The number of carbonyl (C=O) groups excluding carboxylic acids is 1. The van der Waals surface area contributed by atoms with Crippen LogP contribution < -0.4 is 5.84 Å². The topological polar surface area (TPSA) is 71.2 Å². The molecule has 80 valence electrons. The third-order valence-corrected chi connectivity index (χ3v) is 2.07. The monoisotopic (exact) mass is 200 g/mol. The molecule has 1 fully saturated rings. The second-order valence-corrected chi connectivity index (χ2v) is 2.99. The Kier molecular flexibility index (Phi) is 4.03. The van der Waals surface area contributed by atoms with Gasteiger partial charge in [-0.3, -0.25) is 0 Å². The molecule has 0 radical (unpaired) electrons. The van der Waals surface area contributed by atoms with Gasteiger partial charge in [0, 0.05) is 26.2 Å². The first-order chi connectivity index (χ1) is 6.77. The van der Waals surface area contributed by atoms with Crippen molar-refractivity contribution in [3.05, 3.63) is 0 Å². The van der Waals surface area contributed by atoms with E-state index in [4.69, 9.17) is 10.6 Å². The average molecular weight is 200 g/mol. The molecule has 1 rings (SSSR count). The molecule has 0 aromatic rings. The number of nitrogens with two attached hydrogens (primary N) is 1. The number of carbonyl (C=O) groups is 1. The molecule has 0 saturated carbocycles. The van der Waals surface area contributed by atoms with Crippen molar-refractivity contribution in [1.29, 1.82) is 0 Å². The zero-order valence-corrected chi connectivity index (χ0v) is 8.35. The van der Waals surface area contributed by atoms with E-state index in [2.05, 4.69) is 5.10 Å². The van der Waals surface area contributed by atoms with Crippen LogP contribution in [-0.4, -0.2) is 55.0 Å². The highest BCUT2D eigenvalue weighted by atomic mass is 16.6. The van der Waals surface area contributed by atoms with Crippen molar-refractivity contribution in [1.82, 2.24) is 9.80 Å². The quantitative estimate of drug-likeness (QED) is 0.286. The molecule has 1 aliphatic heterocycles. The van der Waals surface area contributed by atoms with Crippen molar-refractivity contribution in [3.8, 4) is 0 Å². The van der Waals surface area contributed by atoms with Crippen LogP contribution in [0.4, 0.5) is 4.79 Å². The van der Waals surface area contributed by atoms with Gasteiger partial charge in [-0.05, 0) is 6.92 Å². The average Bonchev–Trinajstić information content (AvgIpc) is 2.20. The van der Waals surface area contributed by atoms with Crippen molar-refractivity contribution < 1.29 is 9.53 Å². The Bertz CT molecular complexity index is 211. The number of amides is 1. The standard InChI is InChI=1S/C8H16N4O2/c1-2-14-8(13)12-5-3-11(4-6-12)7-10-9/h7H,2-6,9H2,1H3. The SMILES string of the molecule is CCOC(=O)N1CCN(C=NN)CC1. The lowest BCUT2D eigenvalue weighted by Crippen LogP contribution is -2.48. The van der Waals surface area contributed by atoms with E-state index < -0.39 is 0 Å². The summed E-state index contributed by atoms with van der Waals surface area (Å²) in [5.74, 6) is 5.02. The highest BCUT2D eigenvalue weighted by Gasteiger charge is 2.20. The van der Waals surface area contributed by atoms with Crippen molar-refractivity contribution in [2.24, 2.45) is 10.9 Å². The van der Waals surface area contributed by atoms with E-state index in [1.165, 1.54) is 0 Å². The highest BCUT2D eigenvalue weighted by Crippen LogP contribution is 2.01. The maximum Gasteiger partial charge on any atom is 0.409 e. The third-order valence-electron chi connectivity index (χ3n) is 2.07. The lowest BCUT2D eigenvalue weighted by atomic mass is 10.3. The zero-order chi connectivity index (χ0) is 10.4. The molecule has 1 amide bonds. The first-order valence-corrected chi connectivity index (χ1v) is 4.67. The molecule has 14 heavy (non-hydrogen) atoms. The van der Waals surface area contributed by atoms with Crippen LogP contribution in [0.3, 0.4) is 0 Å². The minimum atomic E-state index is -0.239. The number of hydrogen-bond donors (Lipinski definition) is 1. The molecule has 6 nitrogen and oxygen atoms in total. The van der Waals surface area contributed by atoms with Gasteiger partial charge in [-0.15, -0.1) is 0 Å². The maximum absolute atomic E-state index is 11.3. The summed E-state index contributed by atoms with van der Waals surface area (Å²) < 4.78 is 4.89. The lowest BCUT2D eigenvalue weighted by molar-refractivity contribution is 0.0926. The van der Waals surface area contributed by atoms with Gasteiger partial charge in [0.05, 0.1) is 6.61 Å². The molecule has 0 spiro atoms. The van der Waals surface area contributed by atoms with Crippen molar-refractivity contribution in [3.63, 3.8) is 0 Å². The minimum absolute atomic E-state index is 0.239. The van der Waals surface area contributed by atoms with E-state index in [-0.39, 0.29) is 6.09 Å². The van der Waals surface area contributed by atoms with Crippen LogP contribution in [-0.2, 0) is 4.74 Å². The highest BCUT2D eigenvalue weighted by molar-refractivity contribution is 5.68. The molecule has 6 heteroatoms.